The van der Waals surface area contributed by atoms with Gasteiger partial charge in [0.15, 0.2) is 11.5 Å². The van der Waals surface area contributed by atoms with Crippen LogP contribution in [0.3, 0.4) is 0 Å². The summed E-state index contributed by atoms with van der Waals surface area (Å²) >= 11 is 0. The van der Waals surface area contributed by atoms with Gasteiger partial charge in [0.2, 0.25) is 0 Å². The number of methoxy groups -OCH3 is 1. The highest BCUT2D eigenvalue weighted by molar-refractivity contribution is 5.95. The molecule has 122 valence electrons. The summed E-state index contributed by atoms with van der Waals surface area (Å²) in [7, 11) is 1.36. The second-order valence-electron chi connectivity index (χ2n) is 5.59. The monoisotopic (exact) mass is 313 g/mol. The minimum atomic E-state index is -2.93. The topological polar surface area (TPSA) is 38.8 Å². The average molecular weight is 313 g/mol. The fourth-order valence-corrected chi connectivity index (χ4v) is 2.96. The second kappa shape index (κ2) is 6.94. The lowest BCUT2D eigenvalue weighted by Crippen LogP contribution is -2.47. The molecule has 0 radical (unpaired) electrons. The normalized spacial score (nSPS) is 21.8. The number of hydrogen-bond acceptors (Lipinski definition) is 3. The van der Waals surface area contributed by atoms with Crippen molar-refractivity contribution in [3.8, 4) is 11.5 Å². The number of halogens is 2. The maximum absolute atomic E-state index is 12.7. The number of rotatable bonds is 4. The van der Waals surface area contributed by atoms with Gasteiger partial charge in [0.25, 0.3) is 5.91 Å². The highest BCUT2D eigenvalue weighted by Crippen LogP contribution is 2.31. The predicted molar refractivity (Wildman–Crippen MR) is 78.6 cm³/mol. The van der Waals surface area contributed by atoms with Crippen molar-refractivity contribution in [2.45, 2.75) is 51.8 Å². The van der Waals surface area contributed by atoms with Crippen LogP contribution in [0.4, 0.5) is 8.78 Å². The van der Waals surface area contributed by atoms with E-state index in [-0.39, 0.29) is 29.5 Å². The summed E-state index contributed by atoms with van der Waals surface area (Å²) in [6.07, 6.45) is 3.05. The molecule has 2 rings (SSSR count). The van der Waals surface area contributed by atoms with E-state index >= 15 is 0 Å². The van der Waals surface area contributed by atoms with Crippen molar-refractivity contribution in [2.24, 2.45) is 0 Å². The SMILES string of the molecule is COc1cc(C(=O)N2[C@H](C)CCC[C@@H]2C)ccc1OC(F)F. The smallest absolute Gasteiger partial charge is 0.387 e. The molecule has 1 aromatic rings. The summed E-state index contributed by atoms with van der Waals surface area (Å²) in [5.74, 6) is -0.0566. The molecule has 1 fully saturated rings. The Bertz CT molecular complexity index is 526. The summed E-state index contributed by atoms with van der Waals surface area (Å²) in [6.45, 7) is 1.12. The molecule has 1 amide bonds. The summed E-state index contributed by atoms with van der Waals surface area (Å²) < 4.78 is 34.1. The van der Waals surface area contributed by atoms with E-state index < -0.39 is 6.61 Å². The zero-order valence-electron chi connectivity index (χ0n) is 13.0. The largest absolute Gasteiger partial charge is 0.493 e. The van der Waals surface area contributed by atoms with Gasteiger partial charge in [0, 0.05) is 17.6 Å². The summed E-state index contributed by atoms with van der Waals surface area (Å²) in [4.78, 5) is 14.6. The number of ether oxygens (including phenoxy) is 2. The zero-order valence-corrected chi connectivity index (χ0v) is 13.0. The molecule has 4 nitrogen and oxygen atoms in total. The van der Waals surface area contributed by atoms with Gasteiger partial charge >= 0.3 is 6.61 Å². The molecule has 0 N–H and O–H groups in total. The van der Waals surface area contributed by atoms with Crippen LogP contribution in [0, 0.1) is 0 Å². The summed E-state index contributed by atoms with van der Waals surface area (Å²) in [6, 6.07) is 4.63. The van der Waals surface area contributed by atoms with Gasteiger partial charge < -0.3 is 14.4 Å². The molecule has 22 heavy (non-hydrogen) atoms. The van der Waals surface area contributed by atoms with Gasteiger partial charge in [0.05, 0.1) is 7.11 Å². The molecule has 1 aromatic carbocycles. The van der Waals surface area contributed by atoms with Gasteiger partial charge in [-0.1, -0.05) is 0 Å². The van der Waals surface area contributed by atoms with E-state index in [0.29, 0.717) is 5.56 Å². The molecule has 1 aliphatic heterocycles. The Labute approximate surface area is 129 Å². The molecule has 1 heterocycles. The number of amides is 1. The molecule has 1 aliphatic rings. The van der Waals surface area contributed by atoms with Crippen LogP contribution in [0.2, 0.25) is 0 Å². The maximum atomic E-state index is 12.7. The van der Waals surface area contributed by atoms with E-state index in [1.165, 1.54) is 25.3 Å². The van der Waals surface area contributed by atoms with E-state index in [4.69, 9.17) is 4.74 Å². The molecule has 0 aromatic heterocycles. The van der Waals surface area contributed by atoms with E-state index in [1.807, 2.05) is 18.7 Å². The van der Waals surface area contributed by atoms with E-state index in [0.717, 1.165) is 19.3 Å². The van der Waals surface area contributed by atoms with Crippen molar-refractivity contribution in [1.29, 1.82) is 0 Å². The first kappa shape index (κ1) is 16.5. The number of carbonyl (C=O) groups is 1. The molecule has 6 heteroatoms. The van der Waals surface area contributed by atoms with Crippen LogP contribution in [0.15, 0.2) is 18.2 Å². The molecule has 0 aliphatic carbocycles. The predicted octanol–water partition coefficient (Wildman–Crippen LogP) is 3.70. The fraction of sp³-hybridized carbons (Fsp3) is 0.562. The third-order valence-corrected chi connectivity index (χ3v) is 4.05. The number of nitrogens with zero attached hydrogens (tertiary/aromatic N) is 1. The zero-order chi connectivity index (χ0) is 16.3. The molecule has 0 saturated carbocycles. The Morgan fingerprint density at radius 2 is 1.86 bits per heavy atom. The van der Waals surface area contributed by atoms with Crippen LogP contribution in [0.1, 0.15) is 43.5 Å². The van der Waals surface area contributed by atoms with E-state index in [9.17, 15) is 13.6 Å². The minimum Gasteiger partial charge on any atom is -0.493 e. The van der Waals surface area contributed by atoms with Crippen LogP contribution in [0.25, 0.3) is 0 Å². The Kier molecular flexibility index (Phi) is 5.21. The quantitative estimate of drug-likeness (QED) is 0.851. The number of piperidine rings is 1. The first-order valence-electron chi connectivity index (χ1n) is 7.39. The molecule has 2 atom stereocenters. The van der Waals surface area contributed by atoms with Crippen LogP contribution >= 0.6 is 0 Å². The fourth-order valence-electron chi connectivity index (χ4n) is 2.96. The van der Waals surface area contributed by atoms with Crippen molar-refractivity contribution >= 4 is 5.91 Å². The summed E-state index contributed by atoms with van der Waals surface area (Å²) in [5.41, 5.74) is 0.416. The van der Waals surface area contributed by atoms with Gasteiger partial charge in [-0.2, -0.15) is 8.78 Å². The lowest BCUT2D eigenvalue weighted by atomic mass is 9.96. The molecule has 1 saturated heterocycles. The lowest BCUT2D eigenvalue weighted by Gasteiger charge is -2.39. The van der Waals surface area contributed by atoms with Crippen molar-refractivity contribution in [3.05, 3.63) is 23.8 Å². The number of alkyl halides is 2. The minimum absolute atomic E-state index is 0.0752. The maximum Gasteiger partial charge on any atom is 0.387 e. The van der Waals surface area contributed by atoms with Gasteiger partial charge in [-0.05, 0) is 51.3 Å². The van der Waals surface area contributed by atoms with Crippen LogP contribution in [-0.4, -0.2) is 36.6 Å². The molecule has 0 unspecified atom stereocenters. The Morgan fingerprint density at radius 1 is 1.23 bits per heavy atom. The van der Waals surface area contributed by atoms with Gasteiger partial charge in [-0.3, -0.25) is 4.79 Å². The first-order chi connectivity index (χ1) is 10.4. The third-order valence-electron chi connectivity index (χ3n) is 4.05. The van der Waals surface area contributed by atoms with Crippen molar-refractivity contribution in [1.82, 2.24) is 4.90 Å². The lowest BCUT2D eigenvalue weighted by molar-refractivity contribution is -0.0512. The molecule has 0 bridgehead atoms. The van der Waals surface area contributed by atoms with Crippen molar-refractivity contribution in [2.75, 3.05) is 7.11 Å². The number of likely N-dealkylation sites (tertiary alicyclic amines) is 1. The van der Waals surface area contributed by atoms with Crippen molar-refractivity contribution in [3.63, 3.8) is 0 Å². The molecular weight excluding hydrogens is 292 g/mol. The molecular formula is C16H21F2NO3. The second-order valence-corrected chi connectivity index (χ2v) is 5.59. The van der Waals surface area contributed by atoms with E-state index in [1.54, 1.807) is 0 Å². The highest BCUT2D eigenvalue weighted by Gasteiger charge is 2.30. The van der Waals surface area contributed by atoms with Crippen LogP contribution < -0.4 is 9.47 Å². The van der Waals surface area contributed by atoms with Gasteiger partial charge in [-0.15, -0.1) is 0 Å². The first-order valence-corrected chi connectivity index (χ1v) is 7.39. The van der Waals surface area contributed by atoms with E-state index in [2.05, 4.69) is 4.74 Å². The number of benzene rings is 1. The standard InChI is InChI=1S/C16H21F2NO3/c1-10-5-4-6-11(2)19(10)15(20)12-7-8-13(22-16(17)18)14(9-12)21-3/h7-11,16H,4-6H2,1-3H3/t10-,11+. The average Bonchev–Trinajstić information content (AvgIpc) is 2.46. The third kappa shape index (κ3) is 3.48. The Balaban J connectivity index is 2.26. The summed E-state index contributed by atoms with van der Waals surface area (Å²) in [5, 5.41) is 0. The Morgan fingerprint density at radius 3 is 2.41 bits per heavy atom. The van der Waals surface area contributed by atoms with Gasteiger partial charge in [0.1, 0.15) is 0 Å². The Hall–Kier alpha value is -1.85. The van der Waals surface area contributed by atoms with Crippen LogP contribution in [-0.2, 0) is 0 Å². The van der Waals surface area contributed by atoms with Gasteiger partial charge in [-0.25, -0.2) is 0 Å². The van der Waals surface area contributed by atoms with Crippen molar-refractivity contribution < 1.29 is 23.0 Å². The number of hydrogen-bond donors (Lipinski definition) is 0. The molecule has 0 spiro atoms. The number of carbonyl (C=O) groups excluding carboxylic acids is 1. The highest BCUT2D eigenvalue weighted by atomic mass is 19.3. The van der Waals surface area contributed by atoms with Crippen LogP contribution in [0.5, 0.6) is 11.5 Å².